The first kappa shape index (κ1) is 14.7. The van der Waals surface area contributed by atoms with Crippen LogP contribution < -0.4 is 16.2 Å². The van der Waals surface area contributed by atoms with Gasteiger partial charge in [-0.25, -0.2) is 10.8 Å². The van der Waals surface area contributed by atoms with E-state index in [1.807, 2.05) is 0 Å². The van der Waals surface area contributed by atoms with E-state index < -0.39 is 0 Å². The van der Waals surface area contributed by atoms with E-state index in [0.29, 0.717) is 0 Å². The Morgan fingerprint density at radius 3 is 2.50 bits per heavy atom. The minimum Gasteiger partial charge on any atom is -0.368 e. The zero-order valence-corrected chi connectivity index (χ0v) is 12.6. The van der Waals surface area contributed by atoms with Gasteiger partial charge in [0.05, 0.1) is 0 Å². The average molecular weight is 275 g/mol. The van der Waals surface area contributed by atoms with Gasteiger partial charge in [0.2, 0.25) is 5.96 Å². The highest BCUT2D eigenvalue weighted by Crippen LogP contribution is 2.17. The summed E-state index contributed by atoms with van der Waals surface area (Å²) in [5, 5.41) is 0. The molecule has 5 heteroatoms. The molecule has 1 saturated heterocycles. The zero-order chi connectivity index (χ0) is 14.5. The monoisotopic (exact) mass is 275 g/mol. The maximum atomic E-state index is 5.58. The van der Waals surface area contributed by atoms with Gasteiger partial charge in [0, 0.05) is 37.9 Å². The van der Waals surface area contributed by atoms with Gasteiger partial charge in [0.25, 0.3) is 0 Å². The molecule has 0 aromatic heterocycles. The number of hydrogen-bond acceptors (Lipinski definition) is 3. The van der Waals surface area contributed by atoms with Crippen LogP contribution in [-0.4, -0.2) is 43.1 Å². The van der Waals surface area contributed by atoms with E-state index in [1.54, 1.807) is 0 Å². The Morgan fingerprint density at radius 1 is 1.25 bits per heavy atom. The number of nitrogens with two attached hydrogens (primary N) is 1. The fraction of sp³-hybridized carbons (Fsp3) is 0.533. The van der Waals surface area contributed by atoms with Crippen LogP contribution in [0, 0.1) is 6.92 Å². The van der Waals surface area contributed by atoms with Crippen LogP contribution in [-0.2, 0) is 0 Å². The second kappa shape index (κ2) is 6.61. The molecule has 0 radical (unpaired) electrons. The molecule has 1 aliphatic rings. The largest absolute Gasteiger partial charge is 0.368 e. The van der Waals surface area contributed by atoms with Gasteiger partial charge in [-0.1, -0.05) is 12.1 Å². The molecular weight excluding hydrogens is 250 g/mol. The number of nitrogens with zero attached hydrogens (tertiary/aromatic N) is 3. The number of benzene rings is 1. The first-order valence-electron chi connectivity index (χ1n) is 7.21. The van der Waals surface area contributed by atoms with Gasteiger partial charge in [-0.05, 0) is 38.5 Å². The molecule has 0 amide bonds. The van der Waals surface area contributed by atoms with Crippen LogP contribution in [0.25, 0.3) is 0 Å². The van der Waals surface area contributed by atoms with E-state index in [-0.39, 0.29) is 6.04 Å². The Balaban J connectivity index is 1.98. The number of hydrogen-bond donors (Lipinski definition) is 2. The van der Waals surface area contributed by atoms with Crippen molar-refractivity contribution < 1.29 is 0 Å². The number of anilines is 1. The lowest BCUT2D eigenvalue weighted by Gasteiger charge is -2.37. The van der Waals surface area contributed by atoms with Gasteiger partial charge in [-0.2, -0.15) is 0 Å². The summed E-state index contributed by atoms with van der Waals surface area (Å²) in [6, 6.07) is 8.90. The Bertz CT molecular complexity index is 461. The number of aliphatic imine (C=N–C) groups is 1. The van der Waals surface area contributed by atoms with Gasteiger partial charge in [0.15, 0.2) is 0 Å². The van der Waals surface area contributed by atoms with Crippen LogP contribution in [0.2, 0.25) is 0 Å². The van der Waals surface area contributed by atoms with Crippen LogP contribution in [0.1, 0.15) is 19.4 Å². The summed E-state index contributed by atoms with van der Waals surface area (Å²) in [5.41, 5.74) is 5.32. The number of aryl methyl sites for hydroxylation is 1. The molecule has 3 N–H and O–H groups in total. The summed E-state index contributed by atoms with van der Waals surface area (Å²) in [6.45, 7) is 10.1. The third-order valence-electron chi connectivity index (χ3n) is 3.46. The molecule has 0 unspecified atom stereocenters. The van der Waals surface area contributed by atoms with Crippen molar-refractivity contribution in [2.75, 3.05) is 31.1 Å². The van der Waals surface area contributed by atoms with E-state index in [0.717, 1.165) is 32.1 Å². The Kier molecular flexibility index (Phi) is 4.84. The molecule has 110 valence electrons. The normalized spacial score (nSPS) is 16.8. The van der Waals surface area contributed by atoms with Gasteiger partial charge >= 0.3 is 0 Å². The predicted molar refractivity (Wildman–Crippen MR) is 84.9 cm³/mol. The third kappa shape index (κ3) is 3.63. The summed E-state index contributed by atoms with van der Waals surface area (Å²) in [7, 11) is 0. The number of nitrogens with one attached hydrogen (secondary N) is 1. The highest BCUT2D eigenvalue weighted by molar-refractivity contribution is 5.79. The van der Waals surface area contributed by atoms with Crippen molar-refractivity contribution in [2.24, 2.45) is 10.8 Å². The maximum Gasteiger partial charge on any atom is 0.208 e. The van der Waals surface area contributed by atoms with Gasteiger partial charge in [0.1, 0.15) is 0 Å². The molecule has 1 heterocycles. The van der Waals surface area contributed by atoms with Crippen LogP contribution in [0.5, 0.6) is 0 Å². The summed E-state index contributed by atoms with van der Waals surface area (Å²) >= 11 is 0. The lowest BCUT2D eigenvalue weighted by molar-refractivity contribution is 0.371. The molecule has 1 aromatic carbocycles. The molecule has 1 aromatic rings. The predicted octanol–water partition coefficient (Wildman–Crippen LogP) is 1.34. The highest BCUT2D eigenvalue weighted by Gasteiger charge is 2.19. The number of hydrazine groups is 1. The molecule has 0 atom stereocenters. The molecule has 1 aliphatic heterocycles. The van der Waals surface area contributed by atoms with E-state index in [1.165, 1.54) is 11.3 Å². The van der Waals surface area contributed by atoms with Crippen molar-refractivity contribution in [1.29, 1.82) is 0 Å². The van der Waals surface area contributed by atoms with Crippen molar-refractivity contribution in [3.63, 3.8) is 0 Å². The first-order chi connectivity index (χ1) is 9.60. The third-order valence-corrected chi connectivity index (χ3v) is 3.46. The molecule has 1 fully saturated rings. The minimum atomic E-state index is 0.246. The van der Waals surface area contributed by atoms with E-state index in [4.69, 9.17) is 5.84 Å². The smallest absolute Gasteiger partial charge is 0.208 e. The fourth-order valence-electron chi connectivity index (χ4n) is 2.46. The second-order valence-corrected chi connectivity index (χ2v) is 5.50. The van der Waals surface area contributed by atoms with Crippen molar-refractivity contribution in [2.45, 2.75) is 26.8 Å². The van der Waals surface area contributed by atoms with E-state index >= 15 is 0 Å². The lowest BCUT2D eigenvalue weighted by Crippen LogP contribution is -2.54. The second-order valence-electron chi connectivity index (χ2n) is 5.50. The fourth-order valence-corrected chi connectivity index (χ4v) is 2.46. The summed E-state index contributed by atoms with van der Waals surface area (Å²) in [5.74, 6) is 6.38. The minimum absolute atomic E-state index is 0.246. The SMILES string of the molecule is Cc1cccc(N2CCN(C(=NC(C)C)NN)CC2)c1. The van der Waals surface area contributed by atoms with Crippen molar-refractivity contribution in [3.05, 3.63) is 29.8 Å². The average Bonchev–Trinajstić information content (AvgIpc) is 2.45. The summed E-state index contributed by atoms with van der Waals surface area (Å²) < 4.78 is 0. The molecule has 0 saturated carbocycles. The van der Waals surface area contributed by atoms with Crippen LogP contribution >= 0.6 is 0 Å². The molecule has 0 bridgehead atoms. The Hall–Kier alpha value is -1.75. The molecule has 0 spiro atoms. The molecule has 20 heavy (non-hydrogen) atoms. The first-order valence-corrected chi connectivity index (χ1v) is 7.21. The number of piperazine rings is 1. The van der Waals surface area contributed by atoms with Gasteiger partial charge in [-0.15, -0.1) is 0 Å². The van der Waals surface area contributed by atoms with Gasteiger partial charge < -0.3 is 9.80 Å². The molecule has 0 aliphatic carbocycles. The Labute approximate surface area is 121 Å². The highest BCUT2D eigenvalue weighted by atomic mass is 15.4. The van der Waals surface area contributed by atoms with E-state index in [9.17, 15) is 0 Å². The maximum absolute atomic E-state index is 5.58. The van der Waals surface area contributed by atoms with Crippen molar-refractivity contribution in [1.82, 2.24) is 10.3 Å². The summed E-state index contributed by atoms with van der Waals surface area (Å²) in [4.78, 5) is 9.14. The van der Waals surface area contributed by atoms with Gasteiger partial charge in [-0.3, -0.25) is 5.43 Å². The van der Waals surface area contributed by atoms with Crippen LogP contribution in [0.3, 0.4) is 0 Å². The van der Waals surface area contributed by atoms with Crippen LogP contribution in [0.4, 0.5) is 5.69 Å². The molecule has 5 nitrogen and oxygen atoms in total. The standard InChI is InChI=1S/C15H25N5/c1-12(2)17-15(18-16)20-9-7-19(8-10-20)14-6-4-5-13(3)11-14/h4-6,11-12H,7-10,16H2,1-3H3,(H,17,18). The molecule has 2 rings (SSSR count). The van der Waals surface area contributed by atoms with Crippen LogP contribution in [0.15, 0.2) is 29.3 Å². The zero-order valence-electron chi connectivity index (χ0n) is 12.6. The summed E-state index contributed by atoms with van der Waals surface area (Å²) in [6.07, 6.45) is 0. The lowest BCUT2D eigenvalue weighted by atomic mass is 10.2. The number of rotatable bonds is 2. The van der Waals surface area contributed by atoms with Crippen molar-refractivity contribution >= 4 is 11.6 Å². The number of guanidine groups is 1. The van der Waals surface area contributed by atoms with E-state index in [2.05, 4.69) is 65.3 Å². The molecular formula is C15H25N5. The van der Waals surface area contributed by atoms with Crippen molar-refractivity contribution in [3.8, 4) is 0 Å². The topological polar surface area (TPSA) is 56.9 Å². The quantitative estimate of drug-likeness (QED) is 0.370. The Morgan fingerprint density at radius 2 is 1.95 bits per heavy atom.